The van der Waals surface area contributed by atoms with Crippen molar-refractivity contribution in [2.75, 3.05) is 18.4 Å². The van der Waals surface area contributed by atoms with Crippen molar-refractivity contribution in [1.29, 1.82) is 0 Å². The zero-order valence-electron chi connectivity index (χ0n) is 10.5. The topological polar surface area (TPSA) is 69.6 Å². The van der Waals surface area contributed by atoms with Crippen LogP contribution in [0.5, 0.6) is 0 Å². The van der Waals surface area contributed by atoms with Gasteiger partial charge >= 0.3 is 12.0 Å². The number of carboxylic acid groups (broad SMARTS) is 1. The lowest BCUT2D eigenvalue weighted by Gasteiger charge is -2.16. The van der Waals surface area contributed by atoms with Crippen LogP contribution < -0.4 is 5.32 Å². The number of hydrogen-bond acceptors (Lipinski definition) is 2. The highest BCUT2D eigenvalue weighted by molar-refractivity contribution is 5.90. The molecule has 0 atom stereocenters. The fourth-order valence-electron chi connectivity index (χ4n) is 1.97. The predicted molar refractivity (Wildman–Crippen MR) is 72.9 cm³/mol. The van der Waals surface area contributed by atoms with Gasteiger partial charge in [0, 0.05) is 24.9 Å². The van der Waals surface area contributed by atoms with Crippen LogP contribution in [0.1, 0.15) is 18.4 Å². The van der Waals surface area contributed by atoms with Crippen molar-refractivity contribution in [2.45, 2.75) is 12.8 Å². The second-order valence-electron chi connectivity index (χ2n) is 4.42. The number of urea groups is 1. The lowest BCUT2D eigenvalue weighted by Crippen LogP contribution is -2.32. The van der Waals surface area contributed by atoms with E-state index in [1.807, 2.05) is 0 Å². The van der Waals surface area contributed by atoms with E-state index in [0.29, 0.717) is 5.69 Å². The zero-order chi connectivity index (χ0) is 13.7. The summed E-state index contributed by atoms with van der Waals surface area (Å²) in [5.74, 6) is -0.980. The molecule has 1 saturated heterocycles. The molecule has 0 unspecified atom stereocenters. The Morgan fingerprint density at radius 2 is 1.79 bits per heavy atom. The minimum atomic E-state index is -0.980. The molecule has 0 aliphatic carbocycles. The number of nitrogens with one attached hydrogen (secondary N) is 1. The first-order valence-electron chi connectivity index (χ1n) is 6.22. The van der Waals surface area contributed by atoms with E-state index in [2.05, 4.69) is 5.32 Å². The number of likely N-dealkylation sites (tertiary alicyclic amines) is 1. The van der Waals surface area contributed by atoms with Crippen molar-refractivity contribution in [3.8, 4) is 0 Å². The maximum Gasteiger partial charge on any atom is 0.328 e. The Morgan fingerprint density at radius 3 is 2.37 bits per heavy atom. The van der Waals surface area contributed by atoms with Gasteiger partial charge in [-0.3, -0.25) is 0 Å². The molecule has 2 rings (SSSR count). The second kappa shape index (κ2) is 6.04. The van der Waals surface area contributed by atoms with Crippen LogP contribution in [0.15, 0.2) is 30.3 Å². The number of aliphatic carboxylic acids is 1. The molecule has 1 heterocycles. The van der Waals surface area contributed by atoms with E-state index in [0.717, 1.165) is 37.6 Å². The van der Waals surface area contributed by atoms with Crippen molar-refractivity contribution in [1.82, 2.24) is 4.90 Å². The molecule has 5 nitrogen and oxygen atoms in total. The fraction of sp³-hybridized carbons (Fsp3) is 0.286. The standard InChI is InChI=1S/C14H16N2O3/c17-13(18)8-5-11-3-6-12(7-4-11)15-14(19)16-9-1-2-10-16/h3-8H,1-2,9-10H2,(H,15,19)(H,17,18)/b8-5+. The van der Waals surface area contributed by atoms with Gasteiger partial charge in [-0.25, -0.2) is 9.59 Å². The van der Waals surface area contributed by atoms with E-state index in [1.165, 1.54) is 6.08 Å². The molecule has 0 saturated carbocycles. The summed E-state index contributed by atoms with van der Waals surface area (Å²) in [6, 6.07) is 6.97. The number of rotatable bonds is 3. The Balaban J connectivity index is 1.94. The molecular formula is C14H16N2O3. The number of benzene rings is 1. The van der Waals surface area contributed by atoms with Gasteiger partial charge in [0.05, 0.1) is 0 Å². The highest BCUT2D eigenvalue weighted by Gasteiger charge is 2.17. The number of hydrogen-bond donors (Lipinski definition) is 2. The molecule has 1 aliphatic heterocycles. The van der Waals surface area contributed by atoms with E-state index >= 15 is 0 Å². The smallest absolute Gasteiger partial charge is 0.328 e. The van der Waals surface area contributed by atoms with Crippen molar-refractivity contribution < 1.29 is 14.7 Å². The van der Waals surface area contributed by atoms with Crippen LogP contribution in [0.25, 0.3) is 6.08 Å². The first-order valence-corrected chi connectivity index (χ1v) is 6.22. The molecule has 5 heteroatoms. The molecule has 0 bridgehead atoms. The Kier molecular flexibility index (Phi) is 4.18. The third kappa shape index (κ3) is 3.84. The van der Waals surface area contributed by atoms with Gasteiger partial charge < -0.3 is 15.3 Å². The van der Waals surface area contributed by atoms with Crippen LogP contribution in [0, 0.1) is 0 Å². The van der Waals surface area contributed by atoms with Crippen LogP contribution in [0.3, 0.4) is 0 Å². The van der Waals surface area contributed by atoms with Gasteiger partial charge in [-0.2, -0.15) is 0 Å². The predicted octanol–water partition coefficient (Wildman–Crippen LogP) is 2.41. The average molecular weight is 260 g/mol. The van der Waals surface area contributed by atoms with E-state index in [-0.39, 0.29) is 6.03 Å². The van der Waals surface area contributed by atoms with Gasteiger partial charge in [-0.15, -0.1) is 0 Å². The molecule has 0 aromatic heterocycles. The summed E-state index contributed by atoms with van der Waals surface area (Å²) in [5, 5.41) is 11.3. The number of amides is 2. The summed E-state index contributed by atoms with van der Waals surface area (Å²) in [6.45, 7) is 1.62. The maximum absolute atomic E-state index is 11.8. The molecule has 2 amide bonds. The molecular weight excluding hydrogens is 244 g/mol. The number of anilines is 1. The first kappa shape index (κ1) is 13.1. The van der Waals surface area contributed by atoms with E-state index in [9.17, 15) is 9.59 Å². The largest absolute Gasteiger partial charge is 0.478 e. The summed E-state index contributed by atoms with van der Waals surface area (Å²) >= 11 is 0. The third-order valence-electron chi connectivity index (χ3n) is 2.97. The SMILES string of the molecule is O=C(O)/C=C/c1ccc(NC(=O)N2CCCC2)cc1. The van der Waals surface area contributed by atoms with Gasteiger partial charge in [-0.05, 0) is 36.6 Å². The fourth-order valence-corrected chi connectivity index (χ4v) is 1.97. The number of nitrogens with zero attached hydrogens (tertiary/aromatic N) is 1. The van der Waals surface area contributed by atoms with Crippen molar-refractivity contribution in [3.63, 3.8) is 0 Å². The Labute approximate surface area is 111 Å². The van der Waals surface area contributed by atoms with E-state index in [1.54, 1.807) is 29.2 Å². The average Bonchev–Trinajstić information content (AvgIpc) is 2.92. The minimum Gasteiger partial charge on any atom is -0.478 e. The zero-order valence-corrected chi connectivity index (χ0v) is 10.5. The van der Waals surface area contributed by atoms with E-state index < -0.39 is 5.97 Å². The lowest BCUT2D eigenvalue weighted by molar-refractivity contribution is -0.131. The van der Waals surface area contributed by atoms with Crippen molar-refractivity contribution >= 4 is 23.8 Å². The first-order chi connectivity index (χ1) is 9.15. The van der Waals surface area contributed by atoms with Crippen LogP contribution in [-0.4, -0.2) is 35.1 Å². The van der Waals surface area contributed by atoms with Crippen molar-refractivity contribution in [2.24, 2.45) is 0 Å². The molecule has 1 aliphatic rings. The molecule has 0 spiro atoms. The van der Waals surface area contributed by atoms with Crippen LogP contribution in [0.4, 0.5) is 10.5 Å². The second-order valence-corrected chi connectivity index (χ2v) is 4.42. The van der Waals surface area contributed by atoms with Crippen molar-refractivity contribution in [3.05, 3.63) is 35.9 Å². The molecule has 1 aromatic rings. The molecule has 1 aromatic carbocycles. The summed E-state index contributed by atoms with van der Waals surface area (Å²) in [5.41, 5.74) is 1.49. The highest BCUT2D eigenvalue weighted by atomic mass is 16.4. The maximum atomic E-state index is 11.8. The van der Waals surface area contributed by atoms with E-state index in [4.69, 9.17) is 5.11 Å². The summed E-state index contributed by atoms with van der Waals surface area (Å²) < 4.78 is 0. The quantitative estimate of drug-likeness (QED) is 0.820. The monoisotopic (exact) mass is 260 g/mol. The van der Waals surface area contributed by atoms with Gasteiger partial charge in [0.15, 0.2) is 0 Å². The number of carbonyl (C=O) groups excluding carboxylic acids is 1. The van der Waals surface area contributed by atoms with Crippen LogP contribution >= 0.6 is 0 Å². The van der Waals surface area contributed by atoms with Crippen LogP contribution in [-0.2, 0) is 4.79 Å². The molecule has 19 heavy (non-hydrogen) atoms. The van der Waals surface area contributed by atoms with Gasteiger partial charge in [0.1, 0.15) is 0 Å². The molecule has 1 fully saturated rings. The normalized spacial score (nSPS) is 14.8. The Morgan fingerprint density at radius 1 is 1.16 bits per heavy atom. The minimum absolute atomic E-state index is 0.0775. The summed E-state index contributed by atoms with van der Waals surface area (Å²) in [4.78, 5) is 24.0. The molecule has 2 N–H and O–H groups in total. The number of carboxylic acids is 1. The Hall–Kier alpha value is -2.30. The molecule has 100 valence electrons. The third-order valence-corrected chi connectivity index (χ3v) is 2.97. The summed E-state index contributed by atoms with van der Waals surface area (Å²) in [6.07, 6.45) is 4.71. The Bertz CT molecular complexity index is 488. The lowest BCUT2D eigenvalue weighted by atomic mass is 10.2. The van der Waals surface area contributed by atoms with Gasteiger partial charge in [-0.1, -0.05) is 12.1 Å². The van der Waals surface area contributed by atoms with Crippen LogP contribution in [0.2, 0.25) is 0 Å². The van der Waals surface area contributed by atoms with Gasteiger partial charge in [0.2, 0.25) is 0 Å². The van der Waals surface area contributed by atoms with Gasteiger partial charge in [0.25, 0.3) is 0 Å². The summed E-state index contributed by atoms with van der Waals surface area (Å²) in [7, 11) is 0. The number of carbonyl (C=O) groups is 2. The molecule has 0 radical (unpaired) electrons. The highest BCUT2D eigenvalue weighted by Crippen LogP contribution is 2.14.